The zero-order chi connectivity index (χ0) is 18.4. The first-order valence-electron chi connectivity index (χ1n) is 8.53. The lowest BCUT2D eigenvalue weighted by Crippen LogP contribution is -2.50. The van der Waals surface area contributed by atoms with Crippen LogP contribution in [0.4, 0.5) is 5.00 Å². The smallest absolute Gasteiger partial charge is 0.324 e. The molecule has 2 unspecified atom stereocenters. The Morgan fingerprint density at radius 1 is 1.52 bits per heavy atom. The molecule has 0 bridgehead atoms. The Kier molecular flexibility index (Phi) is 6.89. The summed E-state index contributed by atoms with van der Waals surface area (Å²) >= 11 is 0.837. The number of nitrogens with zero attached hydrogens (tertiary/aromatic N) is 2. The van der Waals surface area contributed by atoms with Crippen molar-refractivity contribution in [3.63, 3.8) is 0 Å². The molecule has 1 aliphatic heterocycles. The number of carbonyl (C=O) groups excluding carboxylic acids is 2. The third-order valence-electron chi connectivity index (χ3n) is 4.34. The van der Waals surface area contributed by atoms with E-state index in [-0.39, 0.29) is 27.7 Å². The Bertz CT molecular complexity index is 633. The van der Waals surface area contributed by atoms with Crippen molar-refractivity contribution in [2.75, 3.05) is 13.1 Å². The molecule has 3 N–H and O–H groups in total. The lowest BCUT2D eigenvalue weighted by atomic mass is 10.1. The minimum absolute atomic E-state index is 0.0775. The maximum absolute atomic E-state index is 12.6. The number of nitrogens with two attached hydrogens (primary N) is 1. The van der Waals surface area contributed by atoms with E-state index in [1.54, 1.807) is 0 Å². The lowest BCUT2D eigenvalue weighted by Gasteiger charge is -2.26. The van der Waals surface area contributed by atoms with Gasteiger partial charge in [0.25, 0.3) is 5.91 Å². The second kappa shape index (κ2) is 8.91. The minimum atomic E-state index is -0.538. The third-order valence-corrected chi connectivity index (χ3v) is 5.36. The Morgan fingerprint density at radius 2 is 2.28 bits per heavy atom. The van der Waals surface area contributed by atoms with Crippen molar-refractivity contribution < 1.29 is 14.5 Å². The van der Waals surface area contributed by atoms with Gasteiger partial charge in [-0.3, -0.25) is 19.7 Å². The molecule has 0 aromatic carbocycles. The first kappa shape index (κ1) is 19.3. The monoisotopic (exact) mass is 368 g/mol. The Labute approximate surface area is 150 Å². The van der Waals surface area contributed by atoms with Crippen molar-refractivity contribution in [3.05, 3.63) is 27.1 Å². The van der Waals surface area contributed by atoms with Gasteiger partial charge in [-0.2, -0.15) is 0 Å². The molecule has 1 fully saturated rings. The molecule has 0 aliphatic carbocycles. The third kappa shape index (κ3) is 4.76. The molecule has 2 heterocycles. The van der Waals surface area contributed by atoms with E-state index >= 15 is 0 Å². The van der Waals surface area contributed by atoms with Crippen LogP contribution < -0.4 is 11.1 Å². The van der Waals surface area contributed by atoms with Gasteiger partial charge in [0, 0.05) is 25.2 Å². The second-order valence-electron chi connectivity index (χ2n) is 6.14. The number of amides is 2. The van der Waals surface area contributed by atoms with Crippen LogP contribution in [0.1, 0.15) is 48.7 Å². The molecule has 1 aliphatic rings. The molecule has 25 heavy (non-hydrogen) atoms. The molecule has 2 amide bonds. The number of unbranched alkanes of at least 4 members (excludes halogenated alkanes) is 1. The quantitative estimate of drug-likeness (QED) is 0.536. The van der Waals surface area contributed by atoms with Gasteiger partial charge in [0.1, 0.15) is 6.04 Å². The number of nitro groups is 1. The Hall–Kier alpha value is -2.00. The molecule has 2 rings (SSSR count). The van der Waals surface area contributed by atoms with E-state index in [9.17, 15) is 19.7 Å². The second-order valence-corrected chi connectivity index (χ2v) is 7.20. The summed E-state index contributed by atoms with van der Waals surface area (Å²) in [6.45, 7) is 2.92. The molecule has 0 spiro atoms. The highest BCUT2D eigenvalue weighted by Crippen LogP contribution is 2.28. The molecule has 2 atom stereocenters. The molecule has 1 aromatic rings. The number of likely N-dealkylation sites (tertiary alicyclic amines) is 1. The fourth-order valence-corrected chi connectivity index (χ4v) is 3.74. The van der Waals surface area contributed by atoms with Crippen LogP contribution in [0.15, 0.2) is 12.1 Å². The SMILES string of the molecule is CCCCC(CN)NC(=O)C1CCCN1C(=O)c1ccc([N+](=O)[O-])s1. The Morgan fingerprint density at radius 3 is 2.88 bits per heavy atom. The summed E-state index contributed by atoms with van der Waals surface area (Å²) < 4.78 is 0. The topological polar surface area (TPSA) is 119 Å². The van der Waals surface area contributed by atoms with Crippen LogP contribution >= 0.6 is 11.3 Å². The molecule has 0 radical (unpaired) electrons. The summed E-state index contributed by atoms with van der Waals surface area (Å²) in [5, 5.41) is 13.6. The first-order valence-corrected chi connectivity index (χ1v) is 9.35. The van der Waals surface area contributed by atoms with E-state index in [0.717, 1.165) is 37.0 Å². The minimum Gasteiger partial charge on any atom is -0.350 e. The highest BCUT2D eigenvalue weighted by Gasteiger charge is 2.36. The van der Waals surface area contributed by atoms with Crippen LogP contribution in [0.3, 0.4) is 0 Å². The maximum atomic E-state index is 12.6. The van der Waals surface area contributed by atoms with Gasteiger partial charge in [-0.15, -0.1) is 0 Å². The van der Waals surface area contributed by atoms with Gasteiger partial charge in [0.2, 0.25) is 5.91 Å². The van der Waals surface area contributed by atoms with Crippen LogP contribution in [0.2, 0.25) is 0 Å². The normalized spacial score (nSPS) is 18.2. The molecule has 1 saturated heterocycles. The van der Waals surface area contributed by atoms with Crippen LogP contribution in [-0.4, -0.2) is 46.8 Å². The average molecular weight is 368 g/mol. The average Bonchev–Trinajstić information content (AvgIpc) is 3.27. The predicted molar refractivity (Wildman–Crippen MR) is 95.5 cm³/mol. The number of nitrogens with one attached hydrogen (secondary N) is 1. The maximum Gasteiger partial charge on any atom is 0.324 e. The predicted octanol–water partition coefficient (Wildman–Crippen LogP) is 1.89. The lowest BCUT2D eigenvalue weighted by molar-refractivity contribution is -0.380. The van der Waals surface area contributed by atoms with Crippen molar-refractivity contribution in [2.45, 2.75) is 51.1 Å². The van der Waals surface area contributed by atoms with Gasteiger partial charge in [0.05, 0.1) is 9.80 Å². The molecular formula is C16H24N4O4S. The molecule has 0 saturated carbocycles. The van der Waals surface area contributed by atoms with E-state index in [1.807, 2.05) is 0 Å². The zero-order valence-electron chi connectivity index (χ0n) is 14.3. The van der Waals surface area contributed by atoms with E-state index in [1.165, 1.54) is 17.0 Å². The number of hydrogen-bond donors (Lipinski definition) is 2. The number of thiophene rings is 1. The highest BCUT2D eigenvalue weighted by molar-refractivity contribution is 7.17. The largest absolute Gasteiger partial charge is 0.350 e. The fraction of sp³-hybridized carbons (Fsp3) is 0.625. The molecule has 9 heteroatoms. The summed E-state index contributed by atoms with van der Waals surface area (Å²) in [6, 6.07) is 2.14. The van der Waals surface area contributed by atoms with Gasteiger partial charge in [0.15, 0.2) is 0 Å². The van der Waals surface area contributed by atoms with Crippen molar-refractivity contribution >= 4 is 28.2 Å². The summed E-state index contributed by atoms with van der Waals surface area (Å²) in [5.74, 6) is -0.517. The van der Waals surface area contributed by atoms with Gasteiger partial charge in [-0.05, 0) is 25.3 Å². The van der Waals surface area contributed by atoms with E-state index in [4.69, 9.17) is 5.73 Å². The van der Waals surface area contributed by atoms with Crippen molar-refractivity contribution in [1.82, 2.24) is 10.2 Å². The summed E-state index contributed by atoms with van der Waals surface area (Å²) in [5.41, 5.74) is 5.72. The van der Waals surface area contributed by atoms with Gasteiger partial charge in [-0.25, -0.2) is 0 Å². The first-order chi connectivity index (χ1) is 12.0. The molecular weight excluding hydrogens is 344 g/mol. The van der Waals surface area contributed by atoms with Crippen LogP contribution in [-0.2, 0) is 4.79 Å². The van der Waals surface area contributed by atoms with Crippen molar-refractivity contribution in [1.29, 1.82) is 0 Å². The van der Waals surface area contributed by atoms with Gasteiger partial charge < -0.3 is 16.0 Å². The number of hydrogen-bond acceptors (Lipinski definition) is 6. The molecule has 1 aromatic heterocycles. The van der Waals surface area contributed by atoms with Crippen LogP contribution in [0.25, 0.3) is 0 Å². The number of rotatable bonds is 8. The summed E-state index contributed by atoms with van der Waals surface area (Å²) in [4.78, 5) is 37.3. The Balaban J connectivity index is 2.03. The summed E-state index contributed by atoms with van der Waals surface area (Å²) in [6.07, 6.45) is 4.15. The van der Waals surface area contributed by atoms with Gasteiger partial charge in [-0.1, -0.05) is 31.1 Å². The summed E-state index contributed by atoms with van der Waals surface area (Å²) in [7, 11) is 0. The van der Waals surface area contributed by atoms with Gasteiger partial charge >= 0.3 is 5.00 Å². The van der Waals surface area contributed by atoms with E-state index in [2.05, 4.69) is 12.2 Å². The fourth-order valence-electron chi connectivity index (χ4n) is 2.96. The van der Waals surface area contributed by atoms with E-state index < -0.39 is 11.0 Å². The zero-order valence-corrected chi connectivity index (χ0v) is 15.1. The van der Waals surface area contributed by atoms with Crippen LogP contribution in [0.5, 0.6) is 0 Å². The molecule has 138 valence electrons. The van der Waals surface area contributed by atoms with Crippen molar-refractivity contribution in [2.24, 2.45) is 5.73 Å². The standard InChI is InChI=1S/C16H24N4O4S/c1-2-3-5-11(10-17)18-15(21)12-6-4-9-19(12)16(22)13-7-8-14(25-13)20(23)24/h7-8,11-12H,2-6,9-10,17H2,1H3,(H,18,21). The van der Waals surface area contributed by atoms with Crippen molar-refractivity contribution in [3.8, 4) is 0 Å². The van der Waals surface area contributed by atoms with Crippen LogP contribution in [0, 0.1) is 10.1 Å². The molecule has 8 nitrogen and oxygen atoms in total. The van der Waals surface area contributed by atoms with E-state index in [0.29, 0.717) is 19.5 Å². The number of carbonyl (C=O) groups is 2. The highest BCUT2D eigenvalue weighted by atomic mass is 32.1.